The zero-order valence-corrected chi connectivity index (χ0v) is 10.8. The molecule has 0 aromatic rings. The van der Waals surface area contributed by atoms with Gasteiger partial charge in [0.2, 0.25) is 11.8 Å². The minimum Gasteiger partial charge on any atom is -0.463 e. The summed E-state index contributed by atoms with van der Waals surface area (Å²) in [5.41, 5.74) is 0. The molecule has 0 saturated heterocycles. The van der Waals surface area contributed by atoms with Crippen LogP contribution in [0, 0.1) is 0 Å². The normalized spacial score (nSPS) is 21.2. The maximum absolute atomic E-state index is 11.3. The van der Waals surface area contributed by atoms with E-state index in [0.717, 1.165) is 0 Å². The highest BCUT2D eigenvalue weighted by atomic mass is 16.6. The molecule has 0 saturated carbocycles. The number of hydrogen-bond donors (Lipinski definition) is 2. The van der Waals surface area contributed by atoms with Crippen LogP contribution in [-0.2, 0) is 28.7 Å². The Labute approximate surface area is 115 Å². The van der Waals surface area contributed by atoms with Crippen molar-refractivity contribution in [3.8, 4) is 0 Å². The number of esters is 2. The summed E-state index contributed by atoms with van der Waals surface area (Å²) in [7, 11) is 0. The van der Waals surface area contributed by atoms with E-state index in [2.05, 4.69) is 15.4 Å². The Morgan fingerprint density at radius 1 is 1.00 bits per heavy atom. The summed E-state index contributed by atoms with van der Waals surface area (Å²) in [4.78, 5) is 45.0. The number of nitrogens with one attached hydrogen (secondary N) is 2. The molecule has 0 radical (unpaired) electrons. The molecule has 1 heterocycles. The fraction of sp³-hybridized carbons (Fsp3) is 0.500. The lowest BCUT2D eigenvalue weighted by atomic mass is 10.3. The smallest absolute Gasteiger partial charge is 0.344 e. The fourth-order valence-corrected chi connectivity index (χ4v) is 1.28. The van der Waals surface area contributed by atoms with Crippen LogP contribution in [-0.4, -0.2) is 50.1 Å². The lowest BCUT2D eigenvalue weighted by Crippen LogP contribution is -2.37. The van der Waals surface area contributed by atoms with Gasteiger partial charge in [-0.1, -0.05) is 6.08 Å². The molecule has 1 rings (SSSR count). The van der Waals surface area contributed by atoms with E-state index in [9.17, 15) is 19.2 Å². The second-order valence-corrected chi connectivity index (χ2v) is 3.89. The third-order valence-corrected chi connectivity index (χ3v) is 2.24. The number of carbonyl (C=O) groups excluding carboxylic acids is 4. The second-order valence-electron chi connectivity index (χ2n) is 3.89. The van der Waals surface area contributed by atoms with Crippen LogP contribution in [0.15, 0.2) is 12.2 Å². The molecule has 1 aliphatic rings. The molecule has 2 N–H and O–H groups in total. The third kappa shape index (κ3) is 7.14. The van der Waals surface area contributed by atoms with Crippen LogP contribution >= 0.6 is 0 Å². The number of hydrogen-bond acceptors (Lipinski definition) is 6. The molecule has 8 heteroatoms. The molecule has 1 aliphatic heterocycles. The molecule has 0 aromatic heterocycles. The highest BCUT2D eigenvalue weighted by Gasteiger charge is 2.10. The van der Waals surface area contributed by atoms with E-state index in [1.54, 1.807) is 0 Å². The van der Waals surface area contributed by atoms with E-state index in [0.29, 0.717) is 6.42 Å². The fourth-order valence-electron chi connectivity index (χ4n) is 1.28. The van der Waals surface area contributed by atoms with E-state index in [1.807, 2.05) is 0 Å². The highest BCUT2D eigenvalue weighted by Crippen LogP contribution is 1.91. The molecule has 0 aromatic carbocycles. The number of ether oxygens (including phenoxy) is 2. The van der Waals surface area contributed by atoms with E-state index in [1.165, 1.54) is 12.2 Å². The van der Waals surface area contributed by atoms with Crippen LogP contribution < -0.4 is 10.6 Å². The van der Waals surface area contributed by atoms with Gasteiger partial charge < -0.3 is 20.1 Å². The van der Waals surface area contributed by atoms with Crippen LogP contribution in [0.1, 0.15) is 12.8 Å². The number of rotatable bonds is 0. The Hall–Kier alpha value is -2.38. The third-order valence-electron chi connectivity index (χ3n) is 2.24. The van der Waals surface area contributed by atoms with E-state index in [4.69, 9.17) is 4.74 Å². The van der Waals surface area contributed by atoms with Crippen LogP contribution in [0.4, 0.5) is 0 Å². The monoisotopic (exact) mass is 284 g/mol. The number of amides is 2. The van der Waals surface area contributed by atoms with Crippen molar-refractivity contribution in [2.24, 2.45) is 0 Å². The summed E-state index contributed by atoms with van der Waals surface area (Å²) in [6.45, 7) is -0.483. The molecule has 0 fully saturated rings. The van der Waals surface area contributed by atoms with Crippen molar-refractivity contribution in [2.75, 3.05) is 26.3 Å². The van der Waals surface area contributed by atoms with Gasteiger partial charge in [-0.25, -0.2) is 4.79 Å². The average Bonchev–Trinajstić information content (AvgIpc) is 2.41. The first-order valence-corrected chi connectivity index (χ1v) is 6.10. The van der Waals surface area contributed by atoms with Gasteiger partial charge in [-0.3, -0.25) is 14.4 Å². The van der Waals surface area contributed by atoms with Gasteiger partial charge in [0.15, 0.2) is 6.61 Å². The molecule has 0 aliphatic carbocycles. The number of cyclic esters (lactones) is 2. The summed E-state index contributed by atoms with van der Waals surface area (Å²) in [6.07, 6.45) is 3.05. The zero-order valence-electron chi connectivity index (χ0n) is 10.8. The van der Waals surface area contributed by atoms with Crippen molar-refractivity contribution >= 4 is 23.8 Å². The van der Waals surface area contributed by atoms with Crippen LogP contribution in [0.3, 0.4) is 0 Å². The molecule has 20 heavy (non-hydrogen) atoms. The van der Waals surface area contributed by atoms with Crippen molar-refractivity contribution in [1.82, 2.24) is 10.6 Å². The maximum Gasteiger partial charge on any atom is 0.344 e. The van der Waals surface area contributed by atoms with E-state index < -0.39 is 30.4 Å². The largest absolute Gasteiger partial charge is 0.463 e. The lowest BCUT2D eigenvalue weighted by molar-refractivity contribution is -0.158. The van der Waals surface area contributed by atoms with Gasteiger partial charge in [0.05, 0.1) is 19.6 Å². The summed E-state index contributed by atoms with van der Waals surface area (Å²) in [5.74, 6) is -2.10. The molecule has 8 nitrogen and oxygen atoms in total. The Balaban J connectivity index is 2.50. The average molecular weight is 284 g/mol. The molecule has 0 spiro atoms. The minimum atomic E-state index is -0.660. The van der Waals surface area contributed by atoms with Crippen molar-refractivity contribution in [3.05, 3.63) is 12.2 Å². The van der Waals surface area contributed by atoms with Crippen LogP contribution in [0.5, 0.6) is 0 Å². The van der Waals surface area contributed by atoms with Crippen molar-refractivity contribution < 1.29 is 28.7 Å². The minimum absolute atomic E-state index is 0.0626. The summed E-state index contributed by atoms with van der Waals surface area (Å²) >= 11 is 0. The molecule has 0 atom stereocenters. The molecule has 2 amide bonds. The Kier molecular flexibility index (Phi) is 6.80. The molecular weight excluding hydrogens is 268 g/mol. The summed E-state index contributed by atoms with van der Waals surface area (Å²) in [5, 5.41) is 4.80. The first kappa shape index (κ1) is 15.7. The highest BCUT2D eigenvalue weighted by molar-refractivity contribution is 5.91. The summed E-state index contributed by atoms with van der Waals surface area (Å²) < 4.78 is 9.43. The van der Waals surface area contributed by atoms with Gasteiger partial charge in [0.25, 0.3) is 0 Å². The SMILES string of the molecule is O=C1/C=C/CCOC(=O)COC(=O)CCNC(=O)CN1. The van der Waals surface area contributed by atoms with Gasteiger partial charge >= 0.3 is 11.9 Å². The van der Waals surface area contributed by atoms with Crippen LogP contribution in [0.25, 0.3) is 0 Å². The van der Waals surface area contributed by atoms with Gasteiger partial charge in [0, 0.05) is 13.0 Å². The quantitative estimate of drug-likeness (QED) is 0.532. The Morgan fingerprint density at radius 3 is 2.60 bits per heavy atom. The van der Waals surface area contributed by atoms with Gasteiger partial charge in [-0.15, -0.1) is 0 Å². The first-order valence-electron chi connectivity index (χ1n) is 6.10. The predicted molar refractivity (Wildman–Crippen MR) is 66.3 cm³/mol. The number of carbonyl (C=O) groups is 4. The second kappa shape index (κ2) is 8.68. The van der Waals surface area contributed by atoms with Crippen LogP contribution in [0.2, 0.25) is 0 Å². The lowest BCUT2D eigenvalue weighted by Gasteiger charge is -2.07. The maximum atomic E-state index is 11.3. The van der Waals surface area contributed by atoms with Crippen molar-refractivity contribution in [3.63, 3.8) is 0 Å². The first-order chi connectivity index (χ1) is 9.58. The van der Waals surface area contributed by atoms with E-state index >= 15 is 0 Å². The van der Waals surface area contributed by atoms with Gasteiger partial charge in [0.1, 0.15) is 0 Å². The Morgan fingerprint density at radius 2 is 1.80 bits per heavy atom. The standard InChI is InChI=1S/C12H16N2O6/c15-9-3-1-2-6-19-12(18)8-20-11(17)4-5-13-10(16)7-14-9/h1,3H,2,4-8H2,(H,13,16)(H,14,15)/b3-1+. The molecule has 0 bridgehead atoms. The van der Waals surface area contributed by atoms with Crippen molar-refractivity contribution in [2.45, 2.75) is 12.8 Å². The zero-order chi connectivity index (χ0) is 14.8. The molecule has 110 valence electrons. The molecule has 0 unspecified atom stereocenters. The van der Waals surface area contributed by atoms with E-state index in [-0.39, 0.29) is 26.1 Å². The van der Waals surface area contributed by atoms with Crippen molar-refractivity contribution in [1.29, 1.82) is 0 Å². The topological polar surface area (TPSA) is 111 Å². The van der Waals surface area contributed by atoms with Gasteiger partial charge in [-0.2, -0.15) is 0 Å². The molecular formula is C12H16N2O6. The summed E-state index contributed by atoms with van der Waals surface area (Å²) in [6, 6.07) is 0. The van der Waals surface area contributed by atoms with Gasteiger partial charge in [-0.05, 0) is 6.08 Å². The Bertz CT molecular complexity index is 418. The predicted octanol–water partition coefficient (Wildman–Crippen LogP) is -1.34.